The summed E-state index contributed by atoms with van der Waals surface area (Å²) >= 11 is 6.10. The Kier molecular flexibility index (Phi) is 3.73. The van der Waals surface area contributed by atoms with Crippen LogP contribution in [-0.2, 0) is 6.54 Å². The van der Waals surface area contributed by atoms with E-state index in [0.29, 0.717) is 10.7 Å². The molecule has 2 heterocycles. The number of rotatable bonds is 4. The number of hydrogen-bond acceptors (Lipinski definition) is 3. The molecule has 0 radical (unpaired) electrons. The van der Waals surface area contributed by atoms with Crippen LogP contribution in [0.2, 0.25) is 5.02 Å². The maximum Gasteiger partial charge on any atom is 0.327 e. The van der Waals surface area contributed by atoms with Crippen molar-refractivity contribution in [2.45, 2.75) is 39.3 Å². The van der Waals surface area contributed by atoms with Crippen LogP contribution in [0.4, 0.5) is 0 Å². The largest absolute Gasteiger partial charge is 0.327 e. The van der Waals surface area contributed by atoms with E-state index < -0.39 is 0 Å². The Morgan fingerprint density at radius 3 is 2.72 bits per heavy atom. The molecular formula is C12H17ClN4O. The second kappa shape index (κ2) is 5.12. The number of nitrogens with one attached hydrogen (secondary N) is 1. The lowest BCUT2D eigenvalue weighted by Gasteiger charge is -2.16. The van der Waals surface area contributed by atoms with Crippen molar-refractivity contribution in [1.82, 2.24) is 14.5 Å². The summed E-state index contributed by atoms with van der Waals surface area (Å²) in [5, 5.41) is 0.503. The molecule has 98 valence electrons. The van der Waals surface area contributed by atoms with Crippen molar-refractivity contribution in [3.63, 3.8) is 0 Å². The Morgan fingerprint density at radius 1 is 1.50 bits per heavy atom. The van der Waals surface area contributed by atoms with Crippen molar-refractivity contribution in [3.05, 3.63) is 27.3 Å². The highest BCUT2D eigenvalue weighted by atomic mass is 35.5. The maximum absolute atomic E-state index is 12.1. The molecule has 0 aliphatic carbocycles. The number of H-pyrrole nitrogens is 1. The number of imidazole rings is 1. The molecule has 0 aliphatic rings. The molecule has 0 amide bonds. The molecule has 6 heteroatoms. The van der Waals surface area contributed by atoms with Gasteiger partial charge in [0.05, 0.1) is 10.5 Å². The van der Waals surface area contributed by atoms with Crippen molar-refractivity contribution in [2.24, 2.45) is 5.73 Å². The van der Waals surface area contributed by atoms with Gasteiger partial charge in [-0.1, -0.05) is 25.4 Å². The minimum atomic E-state index is -0.150. The van der Waals surface area contributed by atoms with Crippen LogP contribution < -0.4 is 11.4 Å². The fourth-order valence-electron chi connectivity index (χ4n) is 2.33. The SMILES string of the molecule is CCC(CC)n1c(=O)[nH]c2ncc(Cl)c(CN)c21. The van der Waals surface area contributed by atoms with Gasteiger partial charge in [0, 0.05) is 24.3 Å². The van der Waals surface area contributed by atoms with Crippen molar-refractivity contribution in [3.8, 4) is 0 Å². The summed E-state index contributed by atoms with van der Waals surface area (Å²) < 4.78 is 1.73. The van der Waals surface area contributed by atoms with Gasteiger partial charge in [-0.15, -0.1) is 0 Å². The normalized spacial score (nSPS) is 11.6. The van der Waals surface area contributed by atoms with E-state index in [2.05, 4.69) is 23.8 Å². The molecule has 18 heavy (non-hydrogen) atoms. The van der Waals surface area contributed by atoms with Gasteiger partial charge in [-0.05, 0) is 12.8 Å². The lowest BCUT2D eigenvalue weighted by molar-refractivity contribution is 0.471. The molecule has 0 bridgehead atoms. The van der Waals surface area contributed by atoms with Gasteiger partial charge < -0.3 is 5.73 Å². The van der Waals surface area contributed by atoms with Crippen molar-refractivity contribution in [2.75, 3.05) is 0 Å². The van der Waals surface area contributed by atoms with Crippen LogP contribution in [0, 0.1) is 0 Å². The molecular weight excluding hydrogens is 252 g/mol. The molecule has 0 atom stereocenters. The number of halogens is 1. The second-order valence-corrected chi connectivity index (χ2v) is 4.66. The fraction of sp³-hybridized carbons (Fsp3) is 0.500. The van der Waals surface area contributed by atoms with Crippen LogP contribution in [0.15, 0.2) is 11.0 Å². The number of pyridine rings is 1. The maximum atomic E-state index is 12.1. The Balaban J connectivity index is 2.83. The van der Waals surface area contributed by atoms with Gasteiger partial charge in [-0.25, -0.2) is 9.78 Å². The van der Waals surface area contributed by atoms with Crippen LogP contribution in [-0.4, -0.2) is 14.5 Å². The smallest absolute Gasteiger partial charge is 0.326 e. The summed E-state index contributed by atoms with van der Waals surface area (Å²) in [5.41, 5.74) is 7.65. The zero-order valence-corrected chi connectivity index (χ0v) is 11.3. The van der Waals surface area contributed by atoms with Gasteiger partial charge in [0.2, 0.25) is 0 Å². The number of nitrogens with zero attached hydrogens (tertiary/aromatic N) is 2. The standard InChI is InChI=1S/C12H17ClN4O/c1-3-7(4-2)17-10-8(5-14)9(13)6-15-11(10)16-12(17)18/h6-7H,3-5,14H2,1-2H3,(H,15,16,18). The molecule has 5 nitrogen and oxygen atoms in total. The van der Waals surface area contributed by atoms with Gasteiger partial charge in [0.25, 0.3) is 0 Å². The average molecular weight is 269 g/mol. The molecule has 0 spiro atoms. The van der Waals surface area contributed by atoms with Crippen LogP contribution in [0.5, 0.6) is 0 Å². The Hall–Kier alpha value is -1.33. The first kappa shape index (κ1) is 13.1. The first-order valence-corrected chi connectivity index (χ1v) is 6.49. The molecule has 0 aromatic carbocycles. The minimum Gasteiger partial charge on any atom is -0.326 e. The zero-order valence-electron chi connectivity index (χ0n) is 10.5. The van der Waals surface area contributed by atoms with Crippen molar-refractivity contribution in [1.29, 1.82) is 0 Å². The summed E-state index contributed by atoms with van der Waals surface area (Å²) in [7, 11) is 0. The highest BCUT2D eigenvalue weighted by molar-refractivity contribution is 6.32. The third kappa shape index (κ3) is 1.93. The van der Waals surface area contributed by atoms with Crippen LogP contribution in [0.3, 0.4) is 0 Å². The van der Waals surface area contributed by atoms with E-state index in [9.17, 15) is 4.79 Å². The zero-order chi connectivity index (χ0) is 13.3. The van der Waals surface area contributed by atoms with E-state index >= 15 is 0 Å². The number of aromatic amines is 1. The van der Waals surface area contributed by atoms with Crippen LogP contribution >= 0.6 is 11.6 Å². The first-order chi connectivity index (χ1) is 8.63. The monoisotopic (exact) mass is 268 g/mol. The highest BCUT2D eigenvalue weighted by Crippen LogP contribution is 2.26. The molecule has 2 rings (SSSR count). The van der Waals surface area contributed by atoms with E-state index in [1.54, 1.807) is 4.57 Å². The average Bonchev–Trinajstić information content (AvgIpc) is 2.69. The van der Waals surface area contributed by atoms with Crippen LogP contribution in [0.1, 0.15) is 38.3 Å². The molecule has 0 saturated heterocycles. The molecule has 0 aliphatic heterocycles. The Morgan fingerprint density at radius 2 is 2.17 bits per heavy atom. The summed E-state index contributed by atoms with van der Waals surface area (Å²) in [4.78, 5) is 19.0. The second-order valence-electron chi connectivity index (χ2n) is 4.26. The van der Waals surface area contributed by atoms with Crippen molar-refractivity contribution < 1.29 is 0 Å². The first-order valence-electron chi connectivity index (χ1n) is 6.11. The van der Waals surface area contributed by atoms with Gasteiger partial charge in [0.15, 0.2) is 5.65 Å². The minimum absolute atomic E-state index is 0.136. The lowest BCUT2D eigenvalue weighted by Crippen LogP contribution is -2.22. The lowest BCUT2D eigenvalue weighted by atomic mass is 10.1. The predicted octanol–water partition coefficient (Wildman–Crippen LogP) is 2.20. The molecule has 0 saturated carbocycles. The summed E-state index contributed by atoms with van der Waals surface area (Å²) in [6.07, 6.45) is 3.28. The van der Waals surface area contributed by atoms with Gasteiger partial charge in [0.1, 0.15) is 0 Å². The number of nitrogens with two attached hydrogens (primary N) is 1. The predicted molar refractivity (Wildman–Crippen MR) is 72.9 cm³/mol. The quantitative estimate of drug-likeness (QED) is 0.892. The summed E-state index contributed by atoms with van der Waals surface area (Å²) in [6, 6.07) is 0.136. The van der Waals surface area contributed by atoms with Gasteiger partial charge in [-0.2, -0.15) is 0 Å². The highest BCUT2D eigenvalue weighted by Gasteiger charge is 2.18. The fourth-order valence-corrected chi connectivity index (χ4v) is 2.54. The summed E-state index contributed by atoms with van der Waals surface area (Å²) in [5.74, 6) is 0. The third-order valence-electron chi connectivity index (χ3n) is 3.30. The van der Waals surface area contributed by atoms with E-state index in [0.717, 1.165) is 23.9 Å². The topological polar surface area (TPSA) is 76.7 Å². The molecule has 0 fully saturated rings. The number of aromatic nitrogens is 3. The number of fused-ring (bicyclic) bond motifs is 1. The Labute approximate surface area is 110 Å². The van der Waals surface area contributed by atoms with E-state index in [4.69, 9.17) is 17.3 Å². The molecule has 0 unspecified atom stereocenters. The Bertz CT molecular complexity index is 612. The molecule has 3 N–H and O–H groups in total. The van der Waals surface area contributed by atoms with Crippen LogP contribution in [0.25, 0.3) is 11.2 Å². The number of hydrogen-bond donors (Lipinski definition) is 2. The van der Waals surface area contributed by atoms with E-state index in [1.807, 2.05) is 0 Å². The van der Waals surface area contributed by atoms with E-state index in [-0.39, 0.29) is 18.3 Å². The van der Waals surface area contributed by atoms with Gasteiger partial charge in [-0.3, -0.25) is 9.55 Å². The van der Waals surface area contributed by atoms with E-state index in [1.165, 1.54) is 6.20 Å². The van der Waals surface area contributed by atoms with Gasteiger partial charge >= 0.3 is 5.69 Å². The molecule has 2 aromatic rings. The summed E-state index contributed by atoms with van der Waals surface area (Å²) in [6.45, 7) is 4.40. The molecule has 2 aromatic heterocycles. The third-order valence-corrected chi connectivity index (χ3v) is 3.63. The van der Waals surface area contributed by atoms with Crippen molar-refractivity contribution >= 4 is 22.8 Å².